The van der Waals surface area contributed by atoms with Crippen LogP contribution in [-0.2, 0) is 36.4 Å². The van der Waals surface area contributed by atoms with E-state index in [1.54, 1.807) is 13.8 Å². The molecule has 176 valence electrons. The summed E-state index contributed by atoms with van der Waals surface area (Å²) in [7, 11) is -15.0. The molecule has 0 aromatic rings. The van der Waals surface area contributed by atoms with E-state index in [1.807, 2.05) is 6.92 Å². The molecule has 1 heterocycles. The van der Waals surface area contributed by atoms with Crippen molar-refractivity contribution >= 4 is 36.4 Å². The predicted molar refractivity (Wildman–Crippen MR) is 106 cm³/mol. The molecule has 1 aliphatic heterocycles. The van der Waals surface area contributed by atoms with Gasteiger partial charge in [-0.1, -0.05) is 0 Å². The fourth-order valence-electron chi connectivity index (χ4n) is 2.33. The van der Waals surface area contributed by atoms with Crippen LogP contribution in [0.15, 0.2) is 4.90 Å². The Balaban J connectivity index is 2.59. The van der Waals surface area contributed by atoms with Gasteiger partial charge in [0.05, 0.1) is 0 Å². The molecule has 0 radical (unpaired) electrons. The summed E-state index contributed by atoms with van der Waals surface area (Å²) in [6, 6.07) is 0. The Morgan fingerprint density at radius 3 is 2.35 bits per heavy atom. The van der Waals surface area contributed by atoms with Crippen LogP contribution in [-0.4, -0.2) is 58.0 Å². The van der Waals surface area contributed by atoms with Crippen LogP contribution in [0, 0.1) is 23.6 Å². The van der Waals surface area contributed by atoms with Gasteiger partial charge in [-0.05, 0) is 0 Å². The van der Waals surface area contributed by atoms with Gasteiger partial charge in [-0.25, -0.2) is 0 Å². The molecular formula is C13H24BN2O12P3. The number of hydrogen-bond donors (Lipinski definition) is 5. The van der Waals surface area contributed by atoms with Crippen LogP contribution >= 0.6 is 23.5 Å². The molecule has 14 nitrogen and oxygen atoms in total. The number of nitrogens with one attached hydrogen (secondary N) is 1. The summed E-state index contributed by atoms with van der Waals surface area (Å²) in [5, 5.41) is 2.57. The molecule has 0 aromatic heterocycles. The van der Waals surface area contributed by atoms with Gasteiger partial charge in [-0.2, -0.15) is 0 Å². The molecule has 0 spiro atoms. The van der Waals surface area contributed by atoms with Crippen LogP contribution in [0.1, 0.15) is 27.2 Å². The maximum absolute atomic E-state index is 11.8. The predicted octanol–water partition coefficient (Wildman–Crippen LogP) is 0.702. The summed E-state index contributed by atoms with van der Waals surface area (Å²) in [5.41, 5.74) is 0. The number of hydrogen-bond acceptors (Lipinski definition) is 9. The van der Waals surface area contributed by atoms with Gasteiger partial charge in [0, 0.05) is 0 Å². The van der Waals surface area contributed by atoms with Crippen LogP contribution in [0.4, 0.5) is 0 Å². The van der Waals surface area contributed by atoms with Crippen LogP contribution in [0.2, 0.25) is 0 Å². The van der Waals surface area contributed by atoms with Gasteiger partial charge < -0.3 is 0 Å². The first-order chi connectivity index (χ1) is 14.2. The van der Waals surface area contributed by atoms with Gasteiger partial charge in [-0.3, -0.25) is 0 Å². The number of rotatable bonds is 10. The number of phosphoric acid groups is 3. The number of carbonyl (C=O) groups excluding carboxylic acids is 1. The zero-order valence-corrected chi connectivity index (χ0v) is 19.5. The molecule has 0 bridgehead atoms. The third-order valence-electron chi connectivity index (χ3n) is 4.08. The molecule has 3 unspecified atom stereocenters. The Hall–Kier alpha value is -0.735. The third-order valence-corrected chi connectivity index (χ3v) is 7.88. The van der Waals surface area contributed by atoms with Gasteiger partial charge in [0.2, 0.25) is 0 Å². The molecule has 1 aliphatic rings. The van der Waals surface area contributed by atoms with Crippen molar-refractivity contribution in [1.29, 1.82) is 0 Å². The Bertz CT molecular complexity index is 868. The van der Waals surface area contributed by atoms with Crippen molar-refractivity contribution in [2.24, 2.45) is 16.7 Å². The van der Waals surface area contributed by atoms with E-state index >= 15 is 0 Å². The second-order valence-corrected chi connectivity index (χ2v) is 10.8. The molecule has 1 amide bonds. The van der Waals surface area contributed by atoms with E-state index in [4.69, 9.17) is 19.4 Å². The maximum atomic E-state index is 11.8. The van der Waals surface area contributed by atoms with Crippen LogP contribution in [0.25, 0.3) is 0 Å². The first-order valence-electron chi connectivity index (χ1n) is 8.86. The molecule has 6 atom stereocenters. The van der Waals surface area contributed by atoms with Crippen molar-refractivity contribution in [1.82, 2.24) is 5.32 Å². The second-order valence-electron chi connectivity index (χ2n) is 6.40. The minimum absolute atomic E-state index is 0.133. The zero-order valence-electron chi connectivity index (χ0n) is 16.9. The van der Waals surface area contributed by atoms with Crippen LogP contribution in [0.3, 0.4) is 0 Å². The minimum atomic E-state index is -5.58. The summed E-state index contributed by atoms with van der Waals surface area (Å²) >= 11 is 0. The van der Waals surface area contributed by atoms with Crippen molar-refractivity contribution in [2.75, 3.05) is 13.2 Å². The summed E-state index contributed by atoms with van der Waals surface area (Å²) in [4.78, 5) is 50.9. The molecule has 31 heavy (non-hydrogen) atoms. The Kier molecular flexibility index (Phi) is 10.9. The monoisotopic (exact) mass is 504 g/mol. The Morgan fingerprint density at radius 1 is 1.13 bits per heavy atom. The van der Waals surface area contributed by atoms with Gasteiger partial charge in [0.1, 0.15) is 0 Å². The number of phosphoric ester groups is 1. The molecule has 0 saturated carbocycles. The standard InChI is InChI=1S/C13H24BN2O12P3/c1-4-12(17)15-7-5-6-14-16-13-10(3)9(2)11(26-13)8-25-30(21,22)28-31(23,24)27-29(18,19)20/h9-11,13H,4,7-8H2,1-3H3,(H,15,17)(H,21,22)(H,23,24)(H2,18,19,20)/t9?,10-,11+,13+/m0/s1. The first kappa shape index (κ1) is 28.3. The fraction of sp³-hybridized carbons (Fsp3) is 0.769. The van der Waals surface area contributed by atoms with Crippen molar-refractivity contribution < 1.29 is 55.9 Å². The summed E-state index contributed by atoms with van der Waals surface area (Å²) in [6.45, 7) is 4.91. The van der Waals surface area contributed by atoms with Crippen LogP contribution in [0.5, 0.6) is 0 Å². The summed E-state index contributed by atoms with van der Waals surface area (Å²) in [6.07, 6.45) is -1.05. The number of carbonyl (C=O) groups is 1. The van der Waals surface area contributed by atoms with Crippen LogP contribution < -0.4 is 5.32 Å². The number of nitrogens with zero attached hydrogens (tertiary/aromatic N) is 1. The SMILES string of the molecule is CCC(=O)NCC#CB=N[C@@H]1O[C@H](COP(=O)(O)OP(=O)(O)OP(=O)(O)O)C(C)[C@@H]1C. The molecule has 1 rings (SSSR count). The molecule has 1 fully saturated rings. The molecule has 0 aliphatic carbocycles. The van der Waals surface area contributed by atoms with E-state index < -0.39 is 42.4 Å². The number of amides is 1. The third kappa shape index (κ3) is 11.1. The molecule has 0 aromatic carbocycles. The Labute approximate surface area is 179 Å². The summed E-state index contributed by atoms with van der Waals surface area (Å²) in [5.74, 6) is 4.82. The number of ether oxygens (including phenoxy) is 1. The fourth-order valence-corrected chi connectivity index (χ4v) is 5.36. The van der Waals surface area contributed by atoms with Crippen molar-refractivity contribution in [2.45, 2.75) is 39.5 Å². The van der Waals surface area contributed by atoms with E-state index in [-0.39, 0.29) is 24.3 Å². The molecule has 5 N–H and O–H groups in total. The second kappa shape index (κ2) is 11.9. The van der Waals surface area contributed by atoms with Crippen molar-refractivity contribution in [3.8, 4) is 11.7 Å². The van der Waals surface area contributed by atoms with E-state index in [9.17, 15) is 23.4 Å². The zero-order chi connectivity index (χ0) is 23.9. The summed E-state index contributed by atoms with van der Waals surface area (Å²) < 4.78 is 51.2. The van der Waals surface area contributed by atoms with Gasteiger partial charge in [0.25, 0.3) is 0 Å². The first-order valence-corrected chi connectivity index (χ1v) is 13.4. The van der Waals surface area contributed by atoms with Gasteiger partial charge in [-0.15, -0.1) is 0 Å². The normalized spacial score (nSPS) is 27.6. The van der Waals surface area contributed by atoms with Gasteiger partial charge in [0.15, 0.2) is 0 Å². The molecule has 18 heteroatoms. The molecular weight excluding hydrogens is 480 g/mol. The topological polar surface area (TPSA) is 211 Å². The Morgan fingerprint density at radius 2 is 1.77 bits per heavy atom. The van der Waals surface area contributed by atoms with E-state index in [1.165, 1.54) is 7.07 Å². The van der Waals surface area contributed by atoms with E-state index in [2.05, 4.69) is 35.1 Å². The average molecular weight is 504 g/mol. The quantitative estimate of drug-likeness (QED) is 0.158. The van der Waals surface area contributed by atoms with Crippen molar-refractivity contribution in [3.63, 3.8) is 0 Å². The van der Waals surface area contributed by atoms with Gasteiger partial charge >= 0.3 is 179 Å². The van der Waals surface area contributed by atoms with Crippen molar-refractivity contribution in [3.05, 3.63) is 0 Å². The van der Waals surface area contributed by atoms with E-state index in [0.717, 1.165) is 0 Å². The average Bonchev–Trinajstić information content (AvgIpc) is 2.87. The molecule has 1 saturated heterocycles. The van der Waals surface area contributed by atoms with E-state index in [0.29, 0.717) is 6.42 Å².